The molecule has 1 saturated carbocycles. The first-order chi connectivity index (χ1) is 10.8. The van der Waals surface area contributed by atoms with Crippen molar-refractivity contribution in [2.45, 2.75) is 42.8 Å². The number of Topliss-reactive ketones (excluding diaryl/α,β-unsaturated/α-hetero) is 1. The Balaban J connectivity index is 2.38. The van der Waals surface area contributed by atoms with Crippen molar-refractivity contribution in [3.05, 3.63) is 23.3 Å². The van der Waals surface area contributed by atoms with Gasteiger partial charge in [-0.25, -0.2) is 0 Å². The van der Waals surface area contributed by atoms with Crippen molar-refractivity contribution < 1.29 is 22.7 Å². The number of carbonyl (C=O) groups excluding carboxylic acids is 1. The Bertz CT molecular complexity index is 564. The molecule has 7 heteroatoms. The molecule has 2 atom stereocenters. The van der Waals surface area contributed by atoms with Crippen LogP contribution in [0.15, 0.2) is 17.0 Å². The average molecular weight is 347 g/mol. The Labute approximate surface area is 137 Å². The maximum absolute atomic E-state index is 13.0. The number of hydrogen-bond donors (Lipinski definition) is 1. The number of alkyl halides is 3. The van der Waals surface area contributed by atoms with Crippen molar-refractivity contribution in [1.82, 2.24) is 0 Å². The third-order valence-electron chi connectivity index (χ3n) is 4.28. The fraction of sp³-hybridized carbons (Fsp3) is 0.562. The molecule has 0 aliphatic heterocycles. The minimum absolute atomic E-state index is 0.0166. The van der Waals surface area contributed by atoms with Gasteiger partial charge >= 0.3 is 6.18 Å². The highest BCUT2D eigenvalue weighted by Crippen LogP contribution is 2.39. The van der Waals surface area contributed by atoms with E-state index >= 15 is 0 Å². The van der Waals surface area contributed by atoms with Crippen molar-refractivity contribution in [2.75, 3.05) is 13.4 Å². The minimum atomic E-state index is -4.48. The Morgan fingerprint density at radius 3 is 2.57 bits per heavy atom. The number of hydrogen-bond acceptors (Lipinski definition) is 4. The third kappa shape index (κ3) is 4.01. The van der Waals surface area contributed by atoms with E-state index in [0.29, 0.717) is 0 Å². The van der Waals surface area contributed by atoms with Gasteiger partial charge < -0.3 is 10.5 Å². The van der Waals surface area contributed by atoms with Crippen LogP contribution in [0.5, 0.6) is 5.75 Å². The first kappa shape index (κ1) is 18.1. The van der Waals surface area contributed by atoms with Crippen LogP contribution in [-0.4, -0.2) is 25.2 Å². The Kier molecular flexibility index (Phi) is 5.62. The van der Waals surface area contributed by atoms with Crippen LogP contribution in [0.25, 0.3) is 0 Å². The quantitative estimate of drug-likeness (QED) is 0.643. The molecular formula is C16H20F3NO2S. The monoisotopic (exact) mass is 347 g/mol. The summed E-state index contributed by atoms with van der Waals surface area (Å²) in [6.07, 6.45) is 0.164. The zero-order valence-corrected chi connectivity index (χ0v) is 13.9. The summed E-state index contributed by atoms with van der Waals surface area (Å²) < 4.78 is 44.0. The maximum Gasteiger partial charge on any atom is 0.416 e. The summed E-state index contributed by atoms with van der Waals surface area (Å²) in [5.41, 5.74) is 5.41. The van der Waals surface area contributed by atoms with Gasteiger partial charge in [-0.1, -0.05) is 6.42 Å². The van der Waals surface area contributed by atoms with E-state index in [0.717, 1.165) is 43.2 Å². The number of halogens is 3. The number of rotatable bonds is 5. The molecule has 1 aromatic carbocycles. The van der Waals surface area contributed by atoms with Crippen molar-refractivity contribution in [1.29, 1.82) is 0 Å². The fourth-order valence-electron chi connectivity index (χ4n) is 3.01. The smallest absolute Gasteiger partial charge is 0.416 e. The fourth-order valence-corrected chi connectivity index (χ4v) is 3.67. The minimum Gasteiger partial charge on any atom is -0.496 e. The van der Waals surface area contributed by atoms with Gasteiger partial charge in [0.05, 0.1) is 18.2 Å². The van der Waals surface area contributed by atoms with Gasteiger partial charge in [-0.3, -0.25) is 4.79 Å². The zero-order valence-electron chi connectivity index (χ0n) is 13.1. The van der Waals surface area contributed by atoms with Crippen LogP contribution in [0.2, 0.25) is 0 Å². The molecule has 3 nitrogen and oxygen atoms in total. The number of carbonyl (C=O) groups is 1. The van der Waals surface area contributed by atoms with E-state index in [1.807, 2.05) is 0 Å². The number of nitrogens with two attached hydrogens (primary N) is 1. The number of ether oxygens (including phenoxy) is 1. The lowest BCUT2D eigenvalue weighted by Crippen LogP contribution is -2.26. The number of benzene rings is 1. The molecule has 0 amide bonds. The van der Waals surface area contributed by atoms with Crippen LogP contribution in [0, 0.1) is 5.92 Å². The summed E-state index contributed by atoms with van der Waals surface area (Å²) in [4.78, 5) is 12.9. The molecule has 0 saturated heterocycles. The van der Waals surface area contributed by atoms with Crippen molar-refractivity contribution >= 4 is 17.5 Å². The molecule has 1 aliphatic carbocycles. The van der Waals surface area contributed by atoms with Crippen LogP contribution >= 0.6 is 11.8 Å². The van der Waals surface area contributed by atoms with Gasteiger partial charge in [0.25, 0.3) is 0 Å². The van der Waals surface area contributed by atoms with Crippen LogP contribution in [0.3, 0.4) is 0 Å². The molecular weight excluding hydrogens is 327 g/mol. The SMILES string of the molecule is COc1cc(C(F)(F)F)cc(SC)c1C(=O)C[C@@H]1CCC[C@@H]1N. The van der Waals surface area contributed by atoms with Crippen molar-refractivity contribution in [3.63, 3.8) is 0 Å². The number of methoxy groups -OCH3 is 1. The van der Waals surface area contributed by atoms with E-state index in [2.05, 4.69) is 0 Å². The molecule has 0 heterocycles. The third-order valence-corrected chi connectivity index (χ3v) is 5.04. The van der Waals surface area contributed by atoms with Gasteiger partial charge in [0.15, 0.2) is 5.78 Å². The van der Waals surface area contributed by atoms with Gasteiger partial charge in [0.2, 0.25) is 0 Å². The van der Waals surface area contributed by atoms with Crippen molar-refractivity contribution in [3.8, 4) is 5.75 Å². The number of ketones is 1. The molecule has 2 N–H and O–H groups in total. The first-order valence-electron chi connectivity index (χ1n) is 7.40. The summed E-state index contributed by atoms with van der Waals surface area (Å²) in [6, 6.07) is 1.88. The van der Waals surface area contributed by atoms with E-state index in [4.69, 9.17) is 10.5 Å². The summed E-state index contributed by atoms with van der Waals surface area (Å²) in [5, 5.41) is 0. The van der Waals surface area contributed by atoms with Crippen LogP contribution in [0.1, 0.15) is 41.6 Å². The van der Waals surface area contributed by atoms with E-state index in [1.54, 1.807) is 6.26 Å². The predicted octanol–water partition coefficient (Wildman–Crippen LogP) is 4.14. The second-order valence-electron chi connectivity index (χ2n) is 5.74. The van der Waals surface area contributed by atoms with Gasteiger partial charge in [-0.15, -0.1) is 11.8 Å². The predicted molar refractivity (Wildman–Crippen MR) is 84.0 cm³/mol. The number of thioether (sulfide) groups is 1. The van der Waals surface area contributed by atoms with Gasteiger partial charge in [-0.05, 0) is 37.1 Å². The van der Waals surface area contributed by atoms with Gasteiger partial charge in [-0.2, -0.15) is 13.2 Å². The van der Waals surface area contributed by atoms with E-state index in [-0.39, 0.29) is 40.4 Å². The standard InChI is InChI=1S/C16H20F3NO2S/c1-22-13-7-10(16(17,18)19)8-14(23-2)15(13)12(21)6-9-4-3-5-11(9)20/h7-9,11H,3-6,20H2,1-2H3/t9-,11-/m0/s1. The molecule has 0 radical (unpaired) electrons. The highest BCUT2D eigenvalue weighted by Gasteiger charge is 2.34. The summed E-state index contributed by atoms with van der Waals surface area (Å²) in [7, 11) is 1.28. The highest BCUT2D eigenvalue weighted by atomic mass is 32.2. The summed E-state index contributed by atoms with van der Waals surface area (Å²) >= 11 is 1.11. The molecule has 1 aromatic rings. The largest absolute Gasteiger partial charge is 0.496 e. The highest BCUT2D eigenvalue weighted by molar-refractivity contribution is 7.98. The lowest BCUT2D eigenvalue weighted by molar-refractivity contribution is -0.137. The lowest BCUT2D eigenvalue weighted by atomic mass is 9.93. The molecule has 0 aromatic heterocycles. The maximum atomic E-state index is 13.0. The molecule has 0 spiro atoms. The lowest BCUT2D eigenvalue weighted by Gasteiger charge is -2.18. The summed E-state index contributed by atoms with van der Waals surface area (Å²) in [5.74, 6) is -0.146. The molecule has 23 heavy (non-hydrogen) atoms. The average Bonchev–Trinajstić information content (AvgIpc) is 2.89. The molecule has 2 rings (SSSR count). The Morgan fingerprint density at radius 1 is 1.39 bits per heavy atom. The Morgan fingerprint density at radius 2 is 2.09 bits per heavy atom. The second-order valence-corrected chi connectivity index (χ2v) is 6.58. The van der Waals surface area contributed by atoms with Gasteiger partial charge in [0, 0.05) is 17.4 Å². The van der Waals surface area contributed by atoms with Gasteiger partial charge in [0.1, 0.15) is 5.75 Å². The van der Waals surface area contributed by atoms with E-state index in [1.165, 1.54) is 7.11 Å². The van der Waals surface area contributed by atoms with Crippen LogP contribution in [-0.2, 0) is 6.18 Å². The molecule has 0 unspecified atom stereocenters. The second kappa shape index (κ2) is 7.13. The van der Waals surface area contributed by atoms with E-state index < -0.39 is 11.7 Å². The van der Waals surface area contributed by atoms with Crippen molar-refractivity contribution in [2.24, 2.45) is 11.7 Å². The first-order valence-corrected chi connectivity index (χ1v) is 8.62. The molecule has 128 valence electrons. The molecule has 0 bridgehead atoms. The summed E-state index contributed by atoms with van der Waals surface area (Å²) in [6.45, 7) is 0. The topological polar surface area (TPSA) is 52.3 Å². The van der Waals surface area contributed by atoms with E-state index in [9.17, 15) is 18.0 Å². The molecule has 1 aliphatic rings. The zero-order chi connectivity index (χ0) is 17.2. The van der Waals surface area contributed by atoms with Crippen LogP contribution in [0.4, 0.5) is 13.2 Å². The van der Waals surface area contributed by atoms with Crippen LogP contribution < -0.4 is 10.5 Å². The molecule has 1 fully saturated rings. The Hall–Kier alpha value is -1.21. The normalized spacial score (nSPS) is 21.5.